The van der Waals surface area contributed by atoms with Crippen molar-refractivity contribution in [3.8, 4) is 0 Å². The van der Waals surface area contributed by atoms with Crippen molar-refractivity contribution in [1.82, 2.24) is 15.3 Å². The molecule has 0 saturated heterocycles. The highest BCUT2D eigenvalue weighted by Gasteiger charge is 2.06. The largest absolute Gasteiger partial charge is 0.350 e. The van der Waals surface area contributed by atoms with E-state index in [1.807, 2.05) is 18.2 Å². The zero-order valence-corrected chi connectivity index (χ0v) is 10.5. The molecule has 2 heterocycles. The molecule has 2 aromatic heterocycles. The Morgan fingerprint density at radius 1 is 1.21 bits per heavy atom. The maximum atomic E-state index is 11.8. The molecule has 5 nitrogen and oxygen atoms in total. The van der Waals surface area contributed by atoms with Crippen molar-refractivity contribution < 1.29 is 4.79 Å². The first-order valence-electron chi connectivity index (χ1n) is 6.11. The number of aromatic nitrogens is 2. The summed E-state index contributed by atoms with van der Waals surface area (Å²) in [6.45, 7) is 0.987. The molecule has 0 saturated carbocycles. The van der Waals surface area contributed by atoms with Gasteiger partial charge in [0.2, 0.25) is 0 Å². The van der Waals surface area contributed by atoms with Gasteiger partial charge in [0.05, 0.1) is 0 Å². The Balaban J connectivity index is 1.84. The second-order valence-electron chi connectivity index (χ2n) is 4.12. The van der Waals surface area contributed by atoms with Crippen molar-refractivity contribution in [2.75, 3.05) is 6.54 Å². The van der Waals surface area contributed by atoms with Gasteiger partial charge < -0.3 is 11.1 Å². The van der Waals surface area contributed by atoms with Gasteiger partial charge in [0.25, 0.3) is 5.91 Å². The highest BCUT2D eigenvalue weighted by atomic mass is 16.1. The number of carbonyl (C=O) groups excluding carboxylic acids is 1. The van der Waals surface area contributed by atoms with Crippen LogP contribution in [0.4, 0.5) is 0 Å². The molecule has 0 aliphatic rings. The van der Waals surface area contributed by atoms with E-state index < -0.39 is 0 Å². The van der Waals surface area contributed by atoms with E-state index in [1.54, 1.807) is 24.7 Å². The molecule has 0 aliphatic carbocycles. The topological polar surface area (TPSA) is 80.9 Å². The lowest BCUT2D eigenvalue weighted by molar-refractivity contribution is 0.0949. The van der Waals surface area contributed by atoms with Crippen molar-refractivity contribution in [3.05, 3.63) is 59.7 Å². The number of hydrogen-bond donors (Lipinski definition) is 2. The van der Waals surface area contributed by atoms with Gasteiger partial charge in [0.1, 0.15) is 5.69 Å². The zero-order chi connectivity index (χ0) is 13.5. The lowest BCUT2D eigenvalue weighted by Gasteiger charge is -2.05. The highest BCUT2D eigenvalue weighted by molar-refractivity contribution is 5.92. The van der Waals surface area contributed by atoms with Crippen LogP contribution in [0.3, 0.4) is 0 Å². The van der Waals surface area contributed by atoms with Crippen LogP contribution in [0.2, 0.25) is 0 Å². The molecule has 5 heteroatoms. The average molecular weight is 256 g/mol. The molecule has 1 amide bonds. The second kappa shape index (κ2) is 6.61. The minimum absolute atomic E-state index is 0.174. The Hall–Kier alpha value is -2.27. The third kappa shape index (κ3) is 3.86. The molecule has 19 heavy (non-hydrogen) atoms. The van der Waals surface area contributed by atoms with Crippen molar-refractivity contribution in [3.63, 3.8) is 0 Å². The average Bonchev–Trinajstić information content (AvgIpc) is 2.48. The van der Waals surface area contributed by atoms with Crippen LogP contribution in [0.5, 0.6) is 0 Å². The summed E-state index contributed by atoms with van der Waals surface area (Å²) in [4.78, 5) is 19.9. The van der Waals surface area contributed by atoms with Gasteiger partial charge in [0, 0.05) is 31.7 Å². The van der Waals surface area contributed by atoms with Crippen molar-refractivity contribution in [2.45, 2.75) is 13.0 Å². The van der Waals surface area contributed by atoms with Gasteiger partial charge >= 0.3 is 0 Å². The summed E-state index contributed by atoms with van der Waals surface area (Å²) < 4.78 is 0. The fourth-order valence-corrected chi connectivity index (χ4v) is 1.64. The van der Waals surface area contributed by atoms with Crippen molar-refractivity contribution >= 4 is 5.91 Å². The molecule has 98 valence electrons. The van der Waals surface area contributed by atoms with E-state index in [4.69, 9.17) is 5.73 Å². The molecule has 2 rings (SSSR count). The predicted octanol–water partition coefficient (Wildman–Crippen LogP) is 0.908. The SMILES string of the molecule is NCc1ccc(C(=O)NCCc2cccnc2)nc1. The van der Waals surface area contributed by atoms with E-state index in [-0.39, 0.29) is 5.91 Å². The molecule has 0 aliphatic heterocycles. The Kier molecular flexibility index (Phi) is 4.58. The van der Waals surface area contributed by atoms with Crippen LogP contribution in [-0.4, -0.2) is 22.4 Å². The van der Waals surface area contributed by atoms with Crippen molar-refractivity contribution in [2.24, 2.45) is 5.73 Å². The van der Waals surface area contributed by atoms with Crippen LogP contribution in [0.1, 0.15) is 21.6 Å². The van der Waals surface area contributed by atoms with Crippen molar-refractivity contribution in [1.29, 1.82) is 0 Å². The zero-order valence-electron chi connectivity index (χ0n) is 10.5. The second-order valence-corrected chi connectivity index (χ2v) is 4.12. The summed E-state index contributed by atoms with van der Waals surface area (Å²) in [6, 6.07) is 7.35. The molecule has 0 unspecified atom stereocenters. The number of pyridine rings is 2. The smallest absolute Gasteiger partial charge is 0.269 e. The van der Waals surface area contributed by atoms with Gasteiger partial charge in [-0.3, -0.25) is 14.8 Å². The van der Waals surface area contributed by atoms with Crippen LogP contribution in [0.15, 0.2) is 42.9 Å². The summed E-state index contributed by atoms with van der Waals surface area (Å²) >= 11 is 0. The maximum Gasteiger partial charge on any atom is 0.269 e. The third-order valence-corrected chi connectivity index (χ3v) is 2.72. The van der Waals surface area contributed by atoms with Crippen LogP contribution in [0.25, 0.3) is 0 Å². The first-order valence-corrected chi connectivity index (χ1v) is 6.11. The number of rotatable bonds is 5. The molecule has 0 bridgehead atoms. The van der Waals surface area contributed by atoms with Crippen LogP contribution >= 0.6 is 0 Å². The Morgan fingerprint density at radius 2 is 2.11 bits per heavy atom. The number of nitrogens with zero attached hydrogens (tertiary/aromatic N) is 2. The van der Waals surface area contributed by atoms with E-state index in [0.717, 1.165) is 17.5 Å². The van der Waals surface area contributed by atoms with Crippen LogP contribution in [-0.2, 0) is 13.0 Å². The first-order chi connectivity index (χ1) is 9.29. The van der Waals surface area contributed by atoms with E-state index >= 15 is 0 Å². The van der Waals surface area contributed by atoms with Gasteiger partial charge in [-0.25, -0.2) is 0 Å². The van der Waals surface area contributed by atoms with E-state index in [2.05, 4.69) is 15.3 Å². The van der Waals surface area contributed by atoms with Crippen LogP contribution in [0, 0.1) is 0 Å². The van der Waals surface area contributed by atoms with Gasteiger partial charge in [-0.2, -0.15) is 0 Å². The van der Waals surface area contributed by atoms with Crippen LogP contribution < -0.4 is 11.1 Å². The lowest BCUT2D eigenvalue weighted by Crippen LogP contribution is -2.26. The summed E-state index contributed by atoms with van der Waals surface area (Å²) in [5, 5.41) is 2.82. The first kappa shape index (κ1) is 13.2. The molecule has 0 aromatic carbocycles. The minimum Gasteiger partial charge on any atom is -0.350 e. The van der Waals surface area contributed by atoms with E-state index in [1.165, 1.54) is 0 Å². The van der Waals surface area contributed by atoms with E-state index in [0.29, 0.717) is 18.8 Å². The maximum absolute atomic E-state index is 11.8. The summed E-state index contributed by atoms with van der Waals surface area (Å²) in [7, 11) is 0. The highest BCUT2D eigenvalue weighted by Crippen LogP contribution is 2.00. The third-order valence-electron chi connectivity index (χ3n) is 2.72. The number of nitrogens with one attached hydrogen (secondary N) is 1. The minimum atomic E-state index is -0.174. The van der Waals surface area contributed by atoms with Gasteiger partial charge in [0.15, 0.2) is 0 Å². The molecule has 2 aromatic rings. The fourth-order valence-electron chi connectivity index (χ4n) is 1.64. The molecular formula is C14H16N4O. The summed E-state index contributed by atoms with van der Waals surface area (Å²) in [6.07, 6.45) is 5.89. The van der Waals surface area contributed by atoms with E-state index in [9.17, 15) is 4.79 Å². The number of amides is 1. The standard InChI is InChI=1S/C14H16N4O/c15-8-12-3-4-13(18-10-12)14(19)17-7-5-11-2-1-6-16-9-11/h1-4,6,9-10H,5,7-8,15H2,(H,17,19). The summed E-state index contributed by atoms with van der Waals surface area (Å²) in [5.74, 6) is -0.174. The Labute approximate surface area is 111 Å². The molecular weight excluding hydrogens is 240 g/mol. The predicted molar refractivity (Wildman–Crippen MR) is 72.4 cm³/mol. The molecule has 0 atom stereocenters. The molecule has 0 spiro atoms. The molecule has 0 radical (unpaired) electrons. The number of hydrogen-bond acceptors (Lipinski definition) is 4. The Morgan fingerprint density at radius 3 is 2.74 bits per heavy atom. The lowest BCUT2D eigenvalue weighted by atomic mass is 10.2. The normalized spacial score (nSPS) is 10.2. The van der Waals surface area contributed by atoms with Gasteiger partial charge in [-0.05, 0) is 29.7 Å². The Bertz CT molecular complexity index is 525. The molecule has 3 N–H and O–H groups in total. The fraction of sp³-hybridized carbons (Fsp3) is 0.214. The number of carbonyl (C=O) groups is 1. The number of nitrogens with two attached hydrogens (primary N) is 1. The molecule has 0 fully saturated rings. The quantitative estimate of drug-likeness (QED) is 0.833. The van der Waals surface area contributed by atoms with Gasteiger partial charge in [-0.15, -0.1) is 0 Å². The van der Waals surface area contributed by atoms with Gasteiger partial charge in [-0.1, -0.05) is 12.1 Å². The summed E-state index contributed by atoms with van der Waals surface area (Å²) in [5.41, 5.74) is 7.88. The monoisotopic (exact) mass is 256 g/mol.